The number of halogens is 1. The van der Waals surface area contributed by atoms with Gasteiger partial charge >= 0.3 is 5.97 Å². The van der Waals surface area contributed by atoms with Crippen LogP contribution in [0.3, 0.4) is 0 Å². The summed E-state index contributed by atoms with van der Waals surface area (Å²) >= 11 is 0. The predicted octanol–water partition coefficient (Wildman–Crippen LogP) is -0.933. The van der Waals surface area contributed by atoms with Gasteiger partial charge in [0.1, 0.15) is 12.1 Å². The van der Waals surface area contributed by atoms with Crippen LogP contribution in [0, 0.1) is 0 Å². The summed E-state index contributed by atoms with van der Waals surface area (Å²) in [5.41, 5.74) is 5.07. The van der Waals surface area contributed by atoms with Crippen LogP contribution in [-0.2, 0) is 14.3 Å². The second kappa shape index (κ2) is 5.89. The number of hydrogen-bond acceptors (Lipinski definition) is 4. The molecule has 0 radical (unpaired) electrons. The van der Waals surface area contributed by atoms with Gasteiger partial charge in [-0.3, -0.25) is 14.5 Å². The van der Waals surface area contributed by atoms with Gasteiger partial charge in [-0.25, -0.2) is 0 Å². The molecule has 1 amide bonds. The first-order chi connectivity index (χ1) is 6.52. The number of rotatable bonds is 3. The van der Waals surface area contributed by atoms with E-state index < -0.39 is 24.0 Å². The molecule has 1 saturated heterocycles. The van der Waals surface area contributed by atoms with Crippen molar-refractivity contribution in [1.29, 1.82) is 0 Å². The lowest BCUT2D eigenvalue weighted by molar-refractivity contribution is -0.149. The Bertz CT molecular complexity index is 237. The lowest BCUT2D eigenvalue weighted by atomic mass is 10.2. The number of primary amides is 1. The van der Waals surface area contributed by atoms with E-state index in [0.29, 0.717) is 13.2 Å². The highest BCUT2D eigenvalue weighted by atomic mass is 35.5. The van der Waals surface area contributed by atoms with E-state index in [-0.39, 0.29) is 19.0 Å². The normalized spacial score (nSPS) is 23.9. The topological polar surface area (TPSA) is 92.9 Å². The van der Waals surface area contributed by atoms with Gasteiger partial charge in [-0.05, 0) is 6.92 Å². The fraction of sp³-hybridized carbons (Fsp3) is 0.750. The standard InChI is InChI=1S/C8H14N2O4.ClH/c1-5(8(12)13)10-2-3-14-6(4-10)7(9)11;/h5-6H,2-4H2,1H3,(H2,9,11)(H,12,13);1H. The first-order valence-electron chi connectivity index (χ1n) is 4.40. The first kappa shape index (κ1) is 14.2. The average Bonchev–Trinajstić information content (AvgIpc) is 2.16. The molecule has 1 fully saturated rings. The Morgan fingerprint density at radius 1 is 1.60 bits per heavy atom. The number of amides is 1. The molecular weight excluding hydrogens is 224 g/mol. The number of nitrogens with two attached hydrogens (primary N) is 1. The molecule has 0 aromatic heterocycles. The summed E-state index contributed by atoms with van der Waals surface area (Å²) in [5.74, 6) is -1.46. The summed E-state index contributed by atoms with van der Waals surface area (Å²) in [6.07, 6.45) is -0.689. The Morgan fingerprint density at radius 2 is 2.20 bits per heavy atom. The molecule has 1 aliphatic heterocycles. The van der Waals surface area contributed by atoms with Crippen LogP contribution in [0.2, 0.25) is 0 Å². The van der Waals surface area contributed by atoms with E-state index >= 15 is 0 Å². The molecule has 0 saturated carbocycles. The lowest BCUT2D eigenvalue weighted by Crippen LogP contribution is -2.53. The molecule has 88 valence electrons. The summed E-state index contributed by atoms with van der Waals surface area (Å²) in [6, 6.07) is -0.610. The predicted molar refractivity (Wildman–Crippen MR) is 54.9 cm³/mol. The molecule has 6 nitrogen and oxygen atoms in total. The van der Waals surface area contributed by atoms with E-state index in [1.165, 1.54) is 0 Å². The molecule has 1 aliphatic rings. The van der Waals surface area contributed by atoms with Gasteiger partial charge in [0.05, 0.1) is 6.61 Å². The number of nitrogens with zero attached hydrogens (tertiary/aromatic N) is 1. The van der Waals surface area contributed by atoms with Gasteiger partial charge in [0.25, 0.3) is 0 Å². The SMILES string of the molecule is CC(C(=O)O)N1CCOC(C(N)=O)C1.Cl. The highest BCUT2D eigenvalue weighted by Gasteiger charge is 2.30. The number of hydrogen-bond donors (Lipinski definition) is 2. The number of morpholine rings is 1. The van der Waals surface area contributed by atoms with Crippen LogP contribution in [0.15, 0.2) is 0 Å². The maximum Gasteiger partial charge on any atom is 0.320 e. The summed E-state index contributed by atoms with van der Waals surface area (Å²) in [4.78, 5) is 23.2. The maximum absolute atomic E-state index is 10.8. The summed E-state index contributed by atoms with van der Waals surface area (Å²) in [5, 5.41) is 8.76. The van der Waals surface area contributed by atoms with Gasteiger partial charge in [0.15, 0.2) is 0 Å². The zero-order valence-electron chi connectivity index (χ0n) is 8.38. The minimum absolute atomic E-state index is 0. The number of carbonyl (C=O) groups is 2. The van der Waals surface area contributed by atoms with Crippen LogP contribution >= 0.6 is 12.4 Å². The van der Waals surface area contributed by atoms with Crippen molar-refractivity contribution < 1.29 is 19.4 Å². The first-order valence-corrected chi connectivity index (χ1v) is 4.40. The number of ether oxygens (including phenoxy) is 1. The lowest BCUT2D eigenvalue weighted by Gasteiger charge is -2.33. The van der Waals surface area contributed by atoms with Crippen molar-refractivity contribution in [3.63, 3.8) is 0 Å². The van der Waals surface area contributed by atoms with Crippen LogP contribution in [0.1, 0.15) is 6.92 Å². The van der Waals surface area contributed by atoms with E-state index in [2.05, 4.69) is 0 Å². The third-order valence-electron chi connectivity index (χ3n) is 2.32. The van der Waals surface area contributed by atoms with Gasteiger partial charge in [0, 0.05) is 13.1 Å². The quantitative estimate of drug-likeness (QED) is 0.663. The van der Waals surface area contributed by atoms with Gasteiger partial charge in [-0.1, -0.05) is 0 Å². The Balaban J connectivity index is 0.00000196. The van der Waals surface area contributed by atoms with Crippen LogP contribution in [-0.4, -0.2) is 53.7 Å². The number of carboxylic acids is 1. The largest absolute Gasteiger partial charge is 0.480 e. The Labute approximate surface area is 93.8 Å². The summed E-state index contributed by atoms with van der Waals surface area (Å²) < 4.78 is 5.09. The Morgan fingerprint density at radius 3 is 2.67 bits per heavy atom. The molecule has 15 heavy (non-hydrogen) atoms. The average molecular weight is 239 g/mol. The van der Waals surface area contributed by atoms with E-state index in [9.17, 15) is 9.59 Å². The molecule has 0 aromatic carbocycles. The third-order valence-corrected chi connectivity index (χ3v) is 2.32. The Kier molecular flexibility index (Phi) is 5.56. The van der Waals surface area contributed by atoms with Crippen molar-refractivity contribution in [3.05, 3.63) is 0 Å². The van der Waals surface area contributed by atoms with Gasteiger partial charge in [-0.2, -0.15) is 0 Å². The number of carboxylic acid groups (broad SMARTS) is 1. The van der Waals surface area contributed by atoms with Crippen molar-refractivity contribution >= 4 is 24.3 Å². The molecule has 7 heteroatoms. The smallest absolute Gasteiger partial charge is 0.320 e. The van der Waals surface area contributed by atoms with E-state index in [1.807, 2.05) is 0 Å². The van der Waals surface area contributed by atoms with E-state index in [4.69, 9.17) is 15.6 Å². The fourth-order valence-corrected chi connectivity index (χ4v) is 1.35. The molecule has 0 aromatic rings. The van der Waals surface area contributed by atoms with Crippen molar-refractivity contribution in [3.8, 4) is 0 Å². The zero-order chi connectivity index (χ0) is 10.7. The van der Waals surface area contributed by atoms with Crippen molar-refractivity contribution in [1.82, 2.24) is 4.90 Å². The second-order valence-corrected chi connectivity index (χ2v) is 3.27. The molecule has 3 N–H and O–H groups in total. The molecule has 0 aliphatic carbocycles. The van der Waals surface area contributed by atoms with Gasteiger partial charge < -0.3 is 15.6 Å². The maximum atomic E-state index is 10.8. The Hall–Kier alpha value is -0.850. The van der Waals surface area contributed by atoms with Gasteiger partial charge in [-0.15, -0.1) is 12.4 Å². The summed E-state index contributed by atoms with van der Waals surface area (Å²) in [7, 11) is 0. The van der Waals surface area contributed by atoms with Crippen LogP contribution < -0.4 is 5.73 Å². The highest BCUT2D eigenvalue weighted by molar-refractivity contribution is 5.85. The second-order valence-electron chi connectivity index (χ2n) is 3.27. The molecule has 2 unspecified atom stereocenters. The fourth-order valence-electron chi connectivity index (χ4n) is 1.35. The van der Waals surface area contributed by atoms with Crippen molar-refractivity contribution in [2.75, 3.05) is 19.7 Å². The summed E-state index contributed by atoms with van der Waals surface area (Å²) in [6.45, 7) is 2.68. The van der Waals surface area contributed by atoms with E-state index in [1.54, 1.807) is 11.8 Å². The molecule has 1 heterocycles. The van der Waals surface area contributed by atoms with Crippen LogP contribution in [0.4, 0.5) is 0 Å². The zero-order valence-corrected chi connectivity index (χ0v) is 9.20. The molecule has 0 bridgehead atoms. The molecular formula is C8H15ClN2O4. The third kappa shape index (κ3) is 3.65. The van der Waals surface area contributed by atoms with Crippen molar-refractivity contribution in [2.45, 2.75) is 19.1 Å². The molecule has 0 spiro atoms. The monoisotopic (exact) mass is 238 g/mol. The van der Waals surface area contributed by atoms with Gasteiger partial charge in [0.2, 0.25) is 5.91 Å². The molecule has 1 rings (SSSR count). The minimum Gasteiger partial charge on any atom is -0.480 e. The van der Waals surface area contributed by atoms with E-state index in [0.717, 1.165) is 0 Å². The van der Waals surface area contributed by atoms with Crippen molar-refractivity contribution in [2.24, 2.45) is 5.73 Å². The molecule has 2 atom stereocenters. The van der Waals surface area contributed by atoms with Crippen LogP contribution in [0.25, 0.3) is 0 Å². The highest BCUT2D eigenvalue weighted by Crippen LogP contribution is 2.08. The minimum atomic E-state index is -0.907. The van der Waals surface area contributed by atoms with Crippen LogP contribution in [0.5, 0.6) is 0 Å². The number of carbonyl (C=O) groups excluding carboxylic acids is 1. The number of aliphatic carboxylic acids is 1.